The standard InChI is InChI=1S/C28H40N2O/c1-5-6-7-8-9-10-11-14-19-30-26-16-13-12-15-25(26)29-28(30)21-31-27-20-23(4)17-18-24(27)22(2)3/h12-13,15-18,20,22H,5-11,14,19,21H2,1-4H3. The second-order valence-electron chi connectivity index (χ2n) is 9.13. The molecule has 0 radical (unpaired) electrons. The molecule has 0 amide bonds. The lowest BCUT2D eigenvalue weighted by molar-refractivity contribution is 0.285. The first kappa shape index (κ1) is 23.4. The Morgan fingerprint density at radius 2 is 1.61 bits per heavy atom. The van der Waals surface area contributed by atoms with Crippen LogP contribution in [0, 0.1) is 6.92 Å². The third-order valence-corrected chi connectivity index (χ3v) is 6.12. The summed E-state index contributed by atoms with van der Waals surface area (Å²) in [5, 5.41) is 0. The molecule has 0 saturated heterocycles. The summed E-state index contributed by atoms with van der Waals surface area (Å²) in [7, 11) is 0. The fraction of sp³-hybridized carbons (Fsp3) is 0.536. The van der Waals surface area contributed by atoms with E-state index in [2.05, 4.69) is 74.7 Å². The number of aromatic nitrogens is 2. The largest absolute Gasteiger partial charge is 0.485 e. The number of aryl methyl sites for hydroxylation is 2. The first-order chi connectivity index (χ1) is 15.1. The van der Waals surface area contributed by atoms with Crippen molar-refractivity contribution in [3.63, 3.8) is 0 Å². The first-order valence-electron chi connectivity index (χ1n) is 12.3. The summed E-state index contributed by atoms with van der Waals surface area (Å²) in [6.45, 7) is 10.4. The highest BCUT2D eigenvalue weighted by Gasteiger charge is 2.13. The molecule has 0 aliphatic rings. The second-order valence-corrected chi connectivity index (χ2v) is 9.13. The maximum absolute atomic E-state index is 6.33. The van der Waals surface area contributed by atoms with Gasteiger partial charge in [-0.05, 0) is 48.6 Å². The molecule has 0 atom stereocenters. The maximum atomic E-state index is 6.33. The summed E-state index contributed by atoms with van der Waals surface area (Å²) >= 11 is 0. The van der Waals surface area contributed by atoms with Gasteiger partial charge in [0.05, 0.1) is 11.0 Å². The maximum Gasteiger partial charge on any atom is 0.147 e. The normalized spacial score (nSPS) is 11.5. The van der Waals surface area contributed by atoms with Crippen molar-refractivity contribution in [2.45, 2.75) is 98.1 Å². The Hall–Kier alpha value is -2.29. The second kappa shape index (κ2) is 11.9. The molecule has 0 aliphatic heterocycles. The highest BCUT2D eigenvalue weighted by atomic mass is 16.5. The lowest BCUT2D eigenvalue weighted by Gasteiger charge is -2.15. The molecule has 0 aliphatic carbocycles. The number of benzene rings is 2. The minimum Gasteiger partial charge on any atom is -0.485 e. The van der Waals surface area contributed by atoms with Gasteiger partial charge in [-0.25, -0.2) is 4.98 Å². The van der Waals surface area contributed by atoms with Crippen LogP contribution in [0.1, 0.15) is 95.0 Å². The number of hydrogen-bond donors (Lipinski definition) is 0. The van der Waals surface area contributed by atoms with Crippen molar-refractivity contribution in [2.75, 3.05) is 0 Å². The van der Waals surface area contributed by atoms with Gasteiger partial charge in [-0.3, -0.25) is 0 Å². The number of nitrogens with zero attached hydrogens (tertiary/aromatic N) is 2. The SMILES string of the molecule is CCCCCCCCCCn1c(COc2cc(C)ccc2C(C)C)nc2ccccc21. The number of hydrogen-bond acceptors (Lipinski definition) is 2. The molecule has 0 N–H and O–H groups in total. The molecule has 1 aromatic heterocycles. The molecule has 0 unspecified atom stereocenters. The lowest BCUT2D eigenvalue weighted by Crippen LogP contribution is -2.09. The van der Waals surface area contributed by atoms with Gasteiger partial charge in [-0.1, -0.05) is 90.0 Å². The van der Waals surface area contributed by atoms with Gasteiger partial charge in [0.25, 0.3) is 0 Å². The summed E-state index contributed by atoms with van der Waals surface area (Å²) in [5.74, 6) is 2.45. The average molecular weight is 421 g/mol. The lowest BCUT2D eigenvalue weighted by atomic mass is 10.0. The molecule has 1 heterocycles. The minimum atomic E-state index is 0.437. The van der Waals surface area contributed by atoms with Gasteiger partial charge in [0.2, 0.25) is 0 Å². The Morgan fingerprint density at radius 3 is 2.35 bits per heavy atom. The Morgan fingerprint density at radius 1 is 0.903 bits per heavy atom. The van der Waals surface area contributed by atoms with E-state index in [1.54, 1.807) is 0 Å². The molecule has 3 aromatic rings. The monoisotopic (exact) mass is 420 g/mol. The van der Waals surface area contributed by atoms with E-state index in [0.717, 1.165) is 23.6 Å². The van der Waals surface area contributed by atoms with E-state index in [0.29, 0.717) is 12.5 Å². The van der Waals surface area contributed by atoms with E-state index in [9.17, 15) is 0 Å². The van der Waals surface area contributed by atoms with Crippen LogP contribution in [0.4, 0.5) is 0 Å². The molecule has 0 spiro atoms. The summed E-state index contributed by atoms with van der Waals surface area (Å²) in [4.78, 5) is 4.91. The summed E-state index contributed by atoms with van der Waals surface area (Å²) in [5.41, 5.74) is 4.77. The van der Waals surface area contributed by atoms with Crippen LogP contribution in [0.25, 0.3) is 11.0 Å². The van der Waals surface area contributed by atoms with E-state index in [1.807, 2.05) is 0 Å². The molecule has 3 rings (SSSR count). The Kier molecular flexibility index (Phi) is 8.99. The predicted molar refractivity (Wildman–Crippen MR) is 132 cm³/mol. The van der Waals surface area contributed by atoms with Gasteiger partial charge in [-0.2, -0.15) is 0 Å². The van der Waals surface area contributed by atoms with Gasteiger partial charge in [-0.15, -0.1) is 0 Å². The smallest absolute Gasteiger partial charge is 0.147 e. The van der Waals surface area contributed by atoms with Gasteiger partial charge < -0.3 is 9.30 Å². The van der Waals surface area contributed by atoms with Crippen molar-refractivity contribution < 1.29 is 4.74 Å². The number of fused-ring (bicyclic) bond motifs is 1. The predicted octanol–water partition coefficient (Wildman–Crippen LogP) is 8.19. The van der Waals surface area contributed by atoms with Crippen LogP contribution in [0.2, 0.25) is 0 Å². The number of rotatable bonds is 13. The highest BCUT2D eigenvalue weighted by molar-refractivity contribution is 5.75. The zero-order chi connectivity index (χ0) is 22.1. The fourth-order valence-corrected chi connectivity index (χ4v) is 4.27. The van der Waals surface area contributed by atoms with Crippen molar-refractivity contribution in [2.24, 2.45) is 0 Å². The van der Waals surface area contributed by atoms with Crippen molar-refractivity contribution in [3.8, 4) is 5.75 Å². The quantitative estimate of drug-likeness (QED) is 0.261. The molecule has 168 valence electrons. The molecule has 2 aromatic carbocycles. The number of para-hydroxylation sites is 2. The number of unbranched alkanes of at least 4 members (excludes halogenated alkanes) is 7. The van der Waals surface area contributed by atoms with Gasteiger partial charge in [0, 0.05) is 6.54 Å². The summed E-state index contributed by atoms with van der Waals surface area (Å²) < 4.78 is 8.71. The van der Waals surface area contributed by atoms with Crippen LogP contribution in [-0.2, 0) is 13.2 Å². The number of ether oxygens (including phenoxy) is 1. The van der Waals surface area contributed by atoms with Crippen LogP contribution < -0.4 is 4.74 Å². The highest BCUT2D eigenvalue weighted by Crippen LogP contribution is 2.28. The van der Waals surface area contributed by atoms with Crippen molar-refractivity contribution in [1.29, 1.82) is 0 Å². The van der Waals surface area contributed by atoms with Crippen LogP contribution >= 0.6 is 0 Å². The molecule has 3 nitrogen and oxygen atoms in total. The van der Waals surface area contributed by atoms with Crippen molar-refractivity contribution in [3.05, 3.63) is 59.4 Å². The Labute approximate surface area is 188 Å². The van der Waals surface area contributed by atoms with E-state index in [4.69, 9.17) is 9.72 Å². The van der Waals surface area contributed by atoms with Crippen molar-refractivity contribution in [1.82, 2.24) is 9.55 Å². The van der Waals surface area contributed by atoms with Crippen LogP contribution in [0.3, 0.4) is 0 Å². The topological polar surface area (TPSA) is 27.1 Å². The van der Waals surface area contributed by atoms with E-state index < -0.39 is 0 Å². The Bertz CT molecular complexity index is 941. The zero-order valence-corrected chi connectivity index (χ0v) is 20.0. The zero-order valence-electron chi connectivity index (χ0n) is 20.0. The van der Waals surface area contributed by atoms with Gasteiger partial charge >= 0.3 is 0 Å². The Balaban J connectivity index is 1.65. The van der Waals surface area contributed by atoms with Crippen LogP contribution in [0.5, 0.6) is 5.75 Å². The minimum absolute atomic E-state index is 0.437. The van der Waals surface area contributed by atoms with E-state index in [1.165, 1.54) is 68.0 Å². The summed E-state index contributed by atoms with van der Waals surface area (Å²) in [6, 6.07) is 15.0. The summed E-state index contributed by atoms with van der Waals surface area (Å²) in [6.07, 6.45) is 10.7. The van der Waals surface area contributed by atoms with Gasteiger partial charge in [0.1, 0.15) is 18.2 Å². The average Bonchev–Trinajstić information content (AvgIpc) is 3.11. The van der Waals surface area contributed by atoms with E-state index in [-0.39, 0.29) is 0 Å². The van der Waals surface area contributed by atoms with Crippen molar-refractivity contribution >= 4 is 11.0 Å². The molecule has 0 saturated carbocycles. The molecule has 31 heavy (non-hydrogen) atoms. The third kappa shape index (κ3) is 6.59. The molecular formula is C28H40N2O. The molecule has 0 bridgehead atoms. The third-order valence-electron chi connectivity index (χ3n) is 6.12. The van der Waals surface area contributed by atoms with Crippen LogP contribution in [0.15, 0.2) is 42.5 Å². The first-order valence-corrected chi connectivity index (χ1v) is 12.3. The fourth-order valence-electron chi connectivity index (χ4n) is 4.27. The number of imidazole rings is 1. The van der Waals surface area contributed by atoms with Crippen LogP contribution in [-0.4, -0.2) is 9.55 Å². The molecule has 3 heteroatoms. The van der Waals surface area contributed by atoms with E-state index >= 15 is 0 Å². The molecular weight excluding hydrogens is 380 g/mol. The molecule has 0 fully saturated rings. The van der Waals surface area contributed by atoms with Gasteiger partial charge in [0.15, 0.2) is 0 Å².